The largest absolute Gasteiger partial charge is 0.357 e. The molecular weight excluding hydrogens is 246 g/mol. The van der Waals surface area contributed by atoms with Crippen molar-refractivity contribution in [3.05, 3.63) is 35.4 Å². The first-order valence-corrected chi connectivity index (χ1v) is 7.77. The average Bonchev–Trinajstić information content (AvgIpc) is 3.25. The number of guanidine groups is 1. The van der Waals surface area contributed by atoms with Gasteiger partial charge in [0.2, 0.25) is 0 Å². The molecule has 1 fully saturated rings. The molecule has 1 aromatic rings. The first-order valence-electron chi connectivity index (χ1n) is 7.77. The maximum absolute atomic E-state index is 4.71. The summed E-state index contributed by atoms with van der Waals surface area (Å²) in [4.78, 5) is 4.71. The molecule has 0 aromatic heterocycles. The van der Waals surface area contributed by atoms with Gasteiger partial charge in [0.1, 0.15) is 0 Å². The molecule has 0 spiro atoms. The third-order valence-corrected chi connectivity index (χ3v) is 3.73. The number of nitrogens with one attached hydrogen (secondary N) is 2. The number of aliphatic imine (C=N–C) groups is 1. The van der Waals surface area contributed by atoms with Crippen LogP contribution < -0.4 is 10.6 Å². The van der Waals surface area contributed by atoms with Gasteiger partial charge >= 0.3 is 0 Å². The Morgan fingerprint density at radius 1 is 1.35 bits per heavy atom. The first kappa shape index (κ1) is 14.9. The summed E-state index contributed by atoms with van der Waals surface area (Å²) in [5, 5.41) is 6.76. The van der Waals surface area contributed by atoms with E-state index in [9.17, 15) is 0 Å². The van der Waals surface area contributed by atoms with Crippen LogP contribution in [-0.4, -0.2) is 25.6 Å². The van der Waals surface area contributed by atoms with Gasteiger partial charge in [-0.15, -0.1) is 0 Å². The Balaban J connectivity index is 1.89. The van der Waals surface area contributed by atoms with Crippen LogP contribution in [0.4, 0.5) is 0 Å². The van der Waals surface area contributed by atoms with Gasteiger partial charge in [0, 0.05) is 25.6 Å². The van der Waals surface area contributed by atoms with Crippen LogP contribution in [0.25, 0.3) is 0 Å². The molecule has 0 amide bonds. The number of nitrogens with zero attached hydrogens (tertiary/aromatic N) is 1. The molecule has 3 nitrogen and oxygen atoms in total. The summed E-state index contributed by atoms with van der Waals surface area (Å²) >= 11 is 0. The Morgan fingerprint density at radius 3 is 2.80 bits per heavy atom. The summed E-state index contributed by atoms with van der Waals surface area (Å²) in [6.07, 6.45) is 2.73. The monoisotopic (exact) mass is 273 g/mol. The SMILES string of the molecule is CCNC(=NCC(C)c1cccc(C)c1)NCC1CC1. The highest BCUT2D eigenvalue weighted by atomic mass is 15.2. The van der Waals surface area contributed by atoms with Gasteiger partial charge in [-0.1, -0.05) is 36.8 Å². The first-order chi connectivity index (χ1) is 9.69. The van der Waals surface area contributed by atoms with Crippen LogP contribution in [0.2, 0.25) is 0 Å². The lowest BCUT2D eigenvalue weighted by molar-refractivity contribution is 0.720. The van der Waals surface area contributed by atoms with Crippen LogP contribution in [-0.2, 0) is 0 Å². The van der Waals surface area contributed by atoms with Gasteiger partial charge in [-0.3, -0.25) is 4.99 Å². The molecule has 0 heterocycles. The molecule has 2 rings (SSSR count). The molecule has 1 atom stereocenters. The van der Waals surface area contributed by atoms with Crippen LogP contribution in [0.5, 0.6) is 0 Å². The molecule has 1 aromatic carbocycles. The van der Waals surface area contributed by atoms with Crippen molar-refractivity contribution < 1.29 is 0 Å². The fraction of sp³-hybridized carbons (Fsp3) is 0.588. The Bertz CT molecular complexity index is 449. The van der Waals surface area contributed by atoms with Crippen molar-refractivity contribution in [3.63, 3.8) is 0 Å². The summed E-state index contributed by atoms with van der Waals surface area (Å²) in [5.41, 5.74) is 2.68. The standard InChI is InChI=1S/C17H27N3/c1-4-18-17(20-12-15-8-9-15)19-11-14(3)16-7-5-6-13(2)10-16/h5-7,10,14-15H,4,8-9,11-12H2,1-3H3,(H2,18,19,20). The zero-order chi connectivity index (χ0) is 14.4. The van der Waals surface area contributed by atoms with E-state index in [0.717, 1.165) is 31.5 Å². The van der Waals surface area contributed by atoms with E-state index in [1.165, 1.54) is 24.0 Å². The molecule has 1 aliphatic rings. The third-order valence-electron chi connectivity index (χ3n) is 3.73. The molecule has 1 aliphatic carbocycles. The van der Waals surface area contributed by atoms with Crippen molar-refractivity contribution in [1.29, 1.82) is 0 Å². The molecule has 2 N–H and O–H groups in total. The fourth-order valence-electron chi connectivity index (χ4n) is 2.22. The van der Waals surface area contributed by atoms with E-state index in [0.29, 0.717) is 5.92 Å². The van der Waals surface area contributed by atoms with E-state index in [2.05, 4.69) is 55.7 Å². The van der Waals surface area contributed by atoms with Gasteiger partial charge in [0.15, 0.2) is 5.96 Å². The van der Waals surface area contributed by atoms with Gasteiger partial charge in [-0.25, -0.2) is 0 Å². The van der Waals surface area contributed by atoms with Crippen molar-refractivity contribution >= 4 is 5.96 Å². The van der Waals surface area contributed by atoms with E-state index >= 15 is 0 Å². The molecule has 1 unspecified atom stereocenters. The molecule has 0 saturated heterocycles. The quantitative estimate of drug-likeness (QED) is 0.617. The molecule has 20 heavy (non-hydrogen) atoms. The van der Waals surface area contributed by atoms with E-state index in [4.69, 9.17) is 4.99 Å². The van der Waals surface area contributed by atoms with Crippen LogP contribution in [0.3, 0.4) is 0 Å². The van der Waals surface area contributed by atoms with Gasteiger partial charge < -0.3 is 10.6 Å². The zero-order valence-electron chi connectivity index (χ0n) is 12.9. The molecular formula is C17H27N3. The second-order valence-corrected chi connectivity index (χ2v) is 5.86. The van der Waals surface area contributed by atoms with E-state index in [1.54, 1.807) is 0 Å². The van der Waals surface area contributed by atoms with Crippen LogP contribution in [0, 0.1) is 12.8 Å². The van der Waals surface area contributed by atoms with Crippen molar-refractivity contribution in [2.45, 2.75) is 39.5 Å². The summed E-state index contributed by atoms with van der Waals surface area (Å²) in [6.45, 7) is 9.28. The van der Waals surface area contributed by atoms with E-state index in [-0.39, 0.29) is 0 Å². The maximum atomic E-state index is 4.71. The highest BCUT2D eigenvalue weighted by Gasteiger charge is 2.21. The summed E-state index contributed by atoms with van der Waals surface area (Å²) in [5.74, 6) is 2.28. The number of hydrogen-bond acceptors (Lipinski definition) is 1. The Labute approximate surface area is 122 Å². The van der Waals surface area contributed by atoms with Crippen molar-refractivity contribution in [1.82, 2.24) is 10.6 Å². The van der Waals surface area contributed by atoms with Gasteiger partial charge in [-0.2, -0.15) is 0 Å². The molecule has 3 heteroatoms. The smallest absolute Gasteiger partial charge is 0.191 e. The highest BCUT2D eigenvalue weighted by molar-refractivity contribution is 5.79. The number of benzene rings is 1. The topological polar surface area (TPSA) is 36.4 Å². The lowest BCUT2D eigenvalue weighted by Crippen LogP contribution is -2.38. The molecule has 110 valence electrons. The molecule has 0 aliphatic heterocycles. The van der Waals surface area contributed by atoms with E-state index in [1.807, 2.05) is 0 Å². The van der Waals surface area contributed by atoms with Crippen molar-refractivity contribution in [2.75, 3.05) is 19.6 Å². The minimum absolute atomic E-state index is 0.450. The van der Waals surface area contributed by atoms with Crippen LogP contribution in [0.15, 0.2) is 29.3 Å². The zero-order valence-corrected chi connectivity index (χ0v) is 12.9. The molecule has 0 radical (unpaired) electrons. The van der Waals surface area contributed by atoms with Gasteiger partial charge in [0.05, 0.1) is 0 Å². The van der Waals surface area contributed by atoms with Crippen LogP contribution >= 0.6 is 0 Å². The fourth-order valence-corrected chi connectivity index (χ4v) is 2.22. The van der Waals surface area contributed by atoms with Gasteiger partial charge in [0.25, 0.3) is 0 Å². The minimum atomic E-state index is 0.450. The highest BCUT2D eigenvalue weighted by Crippen LogP contribution is 2.27. The second-order valence-electron chi connectivity index (χ2n) is 5.86. The predicted molar refractivity (Wildman–Crippen MR) is 86.3 cm³/mol. The third kappa shape index (κ3) is 4.87. The average molecular weight is 273 g/mol. The maximum Gasteiger partial charge on any atom is 0.191 e. The number of rotatable bonds is 6. The normalized spacial score (nSPS) is 16.9. The number of hydrogen-bond donors (Lipinski definition) is 2. The van der Waals surface area contributed by atoms with Gasteiger partial charge in [-0.05, 0) is 38.2 Å². The predicted octanol–water partition coefficient (Wildman–Crippen LogP) is 3.06. The molecule has 1 saturated carbocycles. The number of aryl methyl sites for hydroxylation is 1. The summed E-state index contributed by atoms with van der Waals surface area (Å²) in [6, 6.07) is 8.71. The Morgan fingerprint density at radius 2 is 2.15 bits per heavy atom. The van der Waals surface area contributed by atoms with Crippen molar-refractivity contribution in [3.8, 4) is 0 Å². The lowest BCUT2D eigenvalue weighted by atomic mass is 10.00. The Kier molecular flexibility index (Phi) is 5.45. The van der Waals surface area contributed by atoms with E-state index < -0.39 is 0 Å². The summed E-state index contributed by atoms with van der Waals surface area (Å²) in [7, 11) is 0. The lowest BCUT2D eigenvalue weighted by Gasteiger charge is -2.14. The molecule has 0 bridgehead atoms. The minimum Gasteiger partial charge on any atom is -0.357 e. The Hall–Kier alpha value is -1.51. The summed E-state index contributed by atoms with van der Waals surface area (Å²) < 4.78 is 0. The van der Waals surface area contributed by atoms with Crippen molar-refractivity contribution in [2.24, 2.45) is 10.9 Å². The van der Waals surface area contributed by atoms with Crippen LogP contribution in [0.1, 0.15) is 43.7 Å². The second kappa shape index (κ2) is 7.32.